The van der Waals surface area contributed by atoms with Crippen LogP contribution in [0.5, 0.6) is 23.0 Å². The number of fused-ring (bicyclic) bond motifs is 2. The van der Waals surface area contributed by atoms with Crippen LogP contribution in [0.15, 0.2) is 30.3 Å². The molecule has 0 spiro atoms. The van der Waals surface area contributed by atoms with Crippen LogP contribution < -0.4 is 29.6 Å². The molecule has 0 radical (unpaired) electrons. The van der Waals surface area contributed by atoms with Gasteiger partial charge in [-0.25, -0.2) is 0 Å². The molecule has 2 aliphatic rings. The molecule has 1 unspecified atom stereocenters. The average Bonchev–Trinajstić information content (AvgIpc) is 3.23. The molecule has 2 aliphatic heterocycles. The minimum absolute atomic E-state index is 0.0428. The van der Waals surface area contributed by atoms with Crippen molar-refractivity contribution in [3.05, 3.63) is 41.5 Å². The first kappa shape index (κ1) is 15.0. The second-order valence-corrected chi connectivity index (χ2v) is 5.82. The van der Waals surface area contributed by atoms with E-state index in [1.807, 2.05) is 30.3 Å². The van der Waals surface area contributed by atoms with Crippen molar-refractivity contribution in [2.45, 2.75) is 12.6 Å². The Morgan fingerprint density at radius 1 is 1.12 bits per heavy atom. The van der Waals surface area contributed by atoms with E-state index in [1.54, 1.807) is 14.2 Å². The summed E-state index contributed by atoms with van der Waals surface area (Å²) < 4.78 is 21.9. The van der Waals surface area contributed by atoms with Crippen LogP contribution >= 0.6 is 0 Å². The predicted molar refractivity (Wildman–Crippen MR) is 90.1 cm³/mol. The van der Waals surface area contributed by atoms with Gasteiger partial charge < -0.3 is 29.6 Å². The largest absolute Gasteiger partial charge is 0.497 e. The number of benzene rings is 2. The predicted octanol–water partition coefficient (Wildman–Crippen LogP) is 2.45. The van der Waals surface area contributed by atoms with Gasteiger partial charge in [-0.05, 0) is 23.8 Å². The molecule has 0 aliphatic carbocycles. The van der Waals surface area contributed by atoms with Crippen molar-refractivity contribution in [3.63, 3.8) is 0 Å². The quantitative estimate of drug-likeness (QED) is 0.930. The number of nitrogens with zero attached hydrogens (tertiary/aromatic N) is 1. The minimum atomic E-state index is 0.0428. The van der Waals surface area contributed by atoms with E-state index in [2.05, 4.69) is 4.90 Å². The standard InChI is InChI=1S/C18H20N2O4/c1-21-13-5-11-9-20(14(8-19)18(11)17(7-13)22-2)12-3-4-15-16(6-12)24-10-23-15/h3-7,14H,8-10,19H2,1-2H3. The normalized spacial score (nSPS) is 17.8. The maximum absolute atomic E-state index is 6.10. The van der Waals surface area contributed by atoms with Gasteiger partial charge in [0.2, 0.25) is 6.79 Å². The number of rotatable bonds is 4. The van der Waals surface area contributed by atoms with Crippen LogP contribution in [0, 0.1) is 0 Å². The molecule has 0 bridgehead atoms. The Balaban J connectivity index is 1.76. The van der Waals surface area contributed by atoms with E-state index >= 15 is 0 Å². The monoisotopic (exact) mass is 328 g/mol. The van der Waals surface area contributed by atoms with Gasteiger partial charge in [-0.3, -0.25) is 0 Å². The maximum atomic E-state index is 6.10. The van der Waals surface area contributed by atoms with E-state index in [1.165, 1.54) is 5.56 Å². The van der Waals surface area contributed by atoms with Crippen molar-refractivity contribution in [1.82, 2.24) is 0 Å². The summed E-state index contributed by atoms with van der Waals surface area (Å²) in [6.45, 7) is 1.50. The number of ether oxygens (including phenoxy) is 4. The molecule has 0 saturated heterocycles. The molecular formula is C18H20N2O4. The number of anilines is 1. The molecule has 24 heavy (non-hydrogen) atoms. The lowest BCUT2D eigenvalue weighted by molar-refractivity contribution is 0.174. The number of methoxy groups -OCH3 is 2. The first-order valence-electron chi connectivity index (χ1n) is 7.86. The summed E-state index contributed by atoms with van der Waals surface area (Å²) >= 11 is 0. The van der Waals surface area contributed by atoms with Gasteiger partial charge in [0.05, 0.1) is 20.3 Å². The van der Waals surface area contributed by atoms with Gasteiger partial charge in [-0.2, -0.15) is 0 Å². The third-order valence-corrected chi connectivity index (χ3v) is 4.62. The Bertz CT molecular complexity index is 778. The first-order valence-corrected chi connectivity index (χ1v) is 7.86. The smallest absolute Gasteiger partial charge is 0.231 e. The second-order valence-electron chi connectivity index (χ2n) is 5.82. The van der Waals surface area contributed by atoms with Crippen molar-refractivity contribution >= 4 is 5.69 Å². The molecule has 2 aromatic carbocycles. The van der Waals surface area contributed by atoms with E-state index in [4.69, 9.17) is 24.7 Å². The zero-order valence-corrected chi connectivity index (χ0v) is 13.7. The number of nitrogens with two attached hydrogens (primary N) is 1. The summed E-state index contributed by atoms with van der Waals surface area (Å²) in [6, 6.07) is 9.97. The summed E-state index contributed by atoms with van der Waals surface area (Å²) in [5.41, 5.74) is 9.44. The summed E-state index contributed by atoms with van der Waals surface area (Å²) in [6.07, 6.45) is 0. The Labute approximate surface area is 140 Å². The van der Waals surface area contributed by atoms with Crippen molar-refractivity contribution in [2.75, 3.05) is 32.5 Å². The fourth-order valence-electron chi connectivity index (χ4n) is 3.48. The fourth-order valence-corrected chi connectivity index (χ4v) is 3.48. The van der Waals surface area contributed by atoms with E-state index in [9.17, 15) is 0 Å². The number of hydrogen-bond donors (Lipinski definition) is 1. The third-order valence-electron chi connectivity index (χ3n) is 4.62. The van der Waals surface area contributed by atoms with Crippen molar-refractivity contribution in [2.24, 2.45) is 5.73 Å². The third kappa shape index (κ3) is 2.22. The van der Waals surface area contributed by atoms with Crippen LogP contribution in [0.25, 0.3) is 0 Å². The first-order chi connectivity index (χ1) is 11.7. The molecule has 0 aromatic heterocycles. The molecule has 6 nitrogen and oxygen atoms in total. The summed E-state index contributed by atoms with van der Waals surface area (Å²) in [7, 11) is 3.33. The molecule has 2 N–H and O–H groups in total. The highest BCUT2D eigenvalue weighted by Gasteiger charge is 2.33. The van der Waals surface area contributed by atoms with E-state index < -0.39 is 0 Å². The lowest BCUT2D eigenvalue weighted by Crippen LogP contribution is -2.27. The molecule has 0 fully saturated rings. The molecule has 2 heterocycles. The molecule has 0 amide bonds. The Kier molecular flexibility index (Phi) is 3.61. The van der Waals surface area contributed by atoms with Crippen LogP contribution in [-0.2, 0) is 6.54 Å². The van der Waals surface area contributed by atoms with Crippen LogP contribution in [-0.4, -0.2) is 27.6 Å². The van der Waals surface area contributed by atoms with Crippen LogP contribution in [0.2, 0.25) is 0 Å². The molecule has 126 valence electrons. The van der Waals surface area contributed by atoms with Crippen LogP contribution in [0.4, 0.5) is 5.69 Å². The summed E-state index contributed by atoms with van der Waals surface area (Å²) in [5.74, 6) is 3.14. The van der Waals surface area contributed by atoms with Gasteiger partial charge in [0.1, 0.15) is 11.5 Å². The minimum Gasteiger partial charge on any atom is -0.497 e. The molecule has 1 atom stereocenters. The van der Waals surface area contributed by atoms with Gasteiger partial charge in [0.25, 0.3) is 0 Å². The topological polar surface area (TPSA) is 66.2 Å². The number of hydrogen-bond acceptors (Lipinski definition) is 6. The molecule has 6 heteroatoms. The molecular weight excluding hydrogens is 308 g/mol. The van der Waals surface area contributed by atoms with Crippen molar-refractivity contribution < 1.29 is 18.9 Å². The van der Waals surface area contributed by atoms with Gasteiger partial charge >= 0.3 is 0 Å². The highest BCUT2D eigenvalue weighted by Crippen LogP contribution is 2.45. The van der Waals surface area contributed by atoms with Gasteiger partial charge in [-0.1, -0.05) is 0 Å². The van der Waals surface area contributed by atoms with E-state index in [-0.39, 0.29) is 12.8 Å². The van der Waals surface area contributed by atoms with Gasteiger partial charge in [0.15, 0.2) is 11.5 Å². The highest BCUT2D eigenvalue weighted by atomic mass is 16.7. The van der Waals surface area contributed by atoms with Gasteiger partial charge in [-0.15, -0.1) is 0 Å². The fraction of sp³-hybridized carbons (Fsp3) is 0.333. The maximum Gasteiger partial charge on any atom is 0.231 e. The van der Waals surface area contributed by atoms with Crippen LogP contribution in [0.3, 0.4) is 0 Å². The SMILES string of the molecule is COc1cc2c(c(OC)c1)C(CN)N(c1ccc3c(c1)OCO3)C2. The van der Waals surface area contributed by atoms with Gasteiger partial charge in [0, 0.05) is 36.5 Å². The van der Waals surface area contributed by atoms with Crippen LogP contribution in [0.1, 0.15) is 17.2 Å². The summed E-state index contributed by atoms with van der Waals surface area (Å²) in [4.78, 5) is 2.26. The lowest BCUT2D eigenvalue weighted by atomic mass is 10.0. The zero-order valence-electron chi connectivity index (χ0n) is 13.7. The van der Waals surface area contributed by atoms with E-state index in [0.717, 1.165) is 40.8 Å². The Morgan fingerprint density at radius 2 is 1.96 bits per heavy atom. The summed E-state index contributed by atoms with van der Waals surface area (Å²) in [5, 5.41) is 0. The molecule has 4 rings (SSSR count). The van der Waals surface area contributed by atoms with Crippen molar-refractivity contribution in [3.8, 4) is 23.0 Å². The Morgan fingerprint density at radius 3 is 2.71 bits per heavy atom. The Hall–Kier alpha value is -2.60. The molecule has 2 aromatic rings. The zero-order chi connectivity index (χ0) is 16.7. The van der Waals surface area contributed by atoms with Crippen molar-refractivity contribution in [1.29, 1.82) is 0 Å². The second kappa shape index (κ2) is 5.79. The van der Waals surface area contributed by atoms with E-state index in [0.29, 0.717) is 6.54 Å². The highest BCUT2D eigenvalue weighted by molar-refractivity contribution is 5.63. The average molecular weight is 328 g/mol. The molecule has 0 saturated carbocycles. The lowest BCUT2D eigenvalue weighted by Gasteiger charge is -2.27.